The maximum atomic E-state index is 5.80. The standard InChI is InChI=1S/C8H12N4S/c1-2-11-12-5-3-8(10)13-6(5)4-7(12)9/h3-4,11H,2,9-10H2,1H3. The van der Waals surface area contributed by atoms with Crippen molar-refractivity contribution in [3.05, 3.63) is 12.1 Å². The quantitative estimate of drug-likeness (QED) is 0.680. The first kappa shape index (κ1) is 8.25. The van der Waals surface area contributed by atoms with Gasteiger partial charge in [-0.25, -0.2) is 4.68 Å². The SMILES string of the molecule is CCNn1c(N)cc2sc(N)cc21. The zero-order chi connectivity index (χ0) is 9.42. The van der Waals surface area contributed by atoms with Crippen molar-refractivity contribution < 1.29 is 0 Å². The van der Waals surface area contributed by atoms with E-state index >= 15 is 0 Å². The van der Waals surface area contributed by atoms with Crippen LogP contribution in [0.4, 0.5) is 10.8 Å². The fourth-order valence-corrected chi connectivity index (χ4v) is 2.22. The molecule has 0 atom stereocenters. The Hall–Kier alpha value is -1.36. The largest absolute Gasteiger partial charge is 0.391 e. The van der Waals surface area contributed by atoms with E-state index in [-0.39, 0.29) is 0 Å². The summed E-state index contributed by atoms with van der Waals surface area (Å²) in [6, 6.07) is 3.86. The number of hydrogen-bond acceptors (Lipinski definition) is 4. The molecule has 0 amide bonds. The fourth-order valence-electron chi connectivity index (χ4n) is 1.37. The van der Waals surface area contributed by atoms with Crippen LogP contribution in [0.15, 0.2) is 12.1 Å². The number of rotatable bonds is 2. The fraction of sp³-hybridized carbons (Fsp3) is 0.250. The van der Waals surface area contributed by atoms with Crippen LogP contribution in [0.5, 0.6) is 0 Å². The number of hydrogen-bond donors (Lipinski definition) is 3. The molecule has 0 aliphatic rings. The van der Waals surface area contributed by atoms with Crippen molar-refractivity contribution in [3.8, 4) is 0 Å². The summed E-state index contributed by atoms with van der Waals surface area (Å²) >= 11 is 1.55. The molecule has 70 valence electrons. The van der Waals surface area contributed by atoms with Crippen LogP contribution in [0.3, 0.4) is 0 Å². The van der Waals surface area contributed by atoms with Crippen molar-refractivity contribution in [2.45, 2.75) is 6.92 Å². The highest BCUT2D eigenvalue weighted by Gasteiger charge is 2.07. The minimum absolute atomic E-state index is 0.725. The topological polar surface area (TPSA) is 69.0 Å². The Morgan fingerprint density at radius 1 is 1.46 bits per heavy atom. The van der Waals surface area contributed by atoms with E-state index in [4.69, 9.17) is 11.5 Å². The first-order valence-electron chi connectivity index (χ1n) is 4.12. The zero-order valence-electron chi connectivity index (χ0n) is 7.37. The van der Waals surface area contributed by atoms with E-state index < -0.39 is 0 Å². The molecule has 0 fully saturated rings. The average Bonchev–Trinajstić information content (AvgIpc) is 2.52. The number of fused-ring (bicyclic) bond motifs is 1. The number of nitrogens with zero attached hydrogens (tertiary/aromatic N) is 1. The predicted octanol–water partition coefficient (Wildman–Crippen LogP) is 1.43. The van der Waals surface area contributed by atoms with Crippen LogP contribution in [0, 0.1) is 0 Å². The lowest BCUT2D eigenvalue weighted by Crippen LogP contribution is -2.15. The van der Waals surface area contributed by atoms with Gasteiger partial charge in [0.1, 0.15) is 5.82 Å². The second-order valence-corrected chi connectivity index (χ2v) is 3.93. The van der Waals surface area contributed by atoms with E-state index in [2.05, 4.69) is 5.43 Å². The number of nitrogens with two attached hydrogens (primary N) is 2. The lowest BCUT2D eigenvalue weighted by Gasteiger charge is -2.07. The van der Waals surface area contributed by atoms with Gasteiger partial charge in [0.25, 0.3) is 0 Å². The summed E-state index contributed by atoms with van der Waals surface area (Å²) in [6.45, 7) is 2.87. The summed E-state index contributed by atoms with van der Waals surface area (Å²) in [5, 5.41) is 0.816. The van der Waals surface area contributed by atoms with Gasteiger partial charge < -0.3 is 16.9 Å². The van der Waals surface area contributed by atoms with Crippen LogP contribution < -0.4 is 16.9 Å². The van der Waals surface area contributed by atoms with Crippen molar-refractivity contribution in [3.63, 3.8) is 0 Å². The number of aromatic nitrogens is 1. The Balaban J connectivity index is 2.61. The van der Waals surface area contributed by atoms with Crippen LogP contribution in [0.25, 0.3) is 10.2 Å². The van der Waals surface area contributed by atoms with Gasteiger partial charge in [0, 0.05) is 6.54 Å². The number of thiophene rings is 1. The van der Waals surface area contributed by atoms with Crippen molar-refractivity contribution in [2.75, 3.05) is 23.4 Å². The number of nitrogens with one attached hydrogen (secondary N) is 1. The summed E-state index contributed by atoms with van der Waals surface area (Å²) in [7, 11) is 0. The third-order valence-electron chi connectivity index (χ3n) is 1.85. The van der Waals surface area contributed by atoms with Gasteiger partial charge in [-0.3, -0.25) is 0 Å². The smallest absolute Gasteiger partial charge is 0.124 e. The summed E-state index contributed by atoms with van der Waals surface area (Å²) < 4.78 is 2.98. The molecule has 0 unspecified atom stereocenters. The summed E-state index contributed by atoms with van der Waals surface area (Å²) in [6.07, 6.45) is 0. The molecule has 0 aromatic carbocycles. The molecule has 5 N–H and O–H groups in total. The van der Waals surface area contributed by atoms with Gasteiger partial charge in [-0.05, 0) is 19.1 Å². The summed E-state index contributed by atoms with van der Waals surface area (Å²) in [5.74, 6) is 0.725. The monoisotopic (exact) mass is 196 g/mol. The number of nitrogen functional groups attached to an aromatic ring is 2. The Morgan fingerprint density at radius 2 is 2.23 bits per heavy atom. The lowest BCUT2D eigenvalue weighted by molar-refractivity contribution is 0.912. The second-order valence-electron chi connectivity index (χ2n) is 2.81. The maximum Gasteiger partial charge on any atom is 0.124 e. The molecule has 0 radical (unpaired) electrons. The molecule has 0 aliphatic heterocycles. The third kappa shape index (κ3) is 1.21. The first-order chi connectivity index (χ1) is 6.22. The van der Waals surface area contributed by atoms with Gasteiger partial charge >= 0.3 is 0 Å². The maximum absolute atomic E-state index is 5.80. The minimum Gasteiger partial charge on any atom is -0.391 e. The molecule has 2 aromatic rings. The van der Waals surface area contributed by atoms with Gasteiger partial charge in [0.2, 0.25) is 0 Å². The molecule has 0 spiro atoms. The van der Waals surface area contributed by atoms with Gasteiger partial charge in [0.05, 0.1) is 15.2 Å². The molecular formula is C8H12N4S. The molecule has 2 rings (SSSR count). The zero-order valence-corrected chi connectivity index (χ0v) is 8.19. The average molecular weight is 196 g/mol. The summed E-state index contributed by atoms with van der Waals surface area (Å²) in [4.78, 5) is 0. The summed E-state index contributed by atoms with van der Waals surface area (Å²) in [5.41, 5.74) is 15.7. The van der Waals surface area contributed by atoms with Crippen LogP contribution in [-0.2, 0) is 0 Å². The van der Waals surface area contributed by atoms with E-state index in [0.29, 0.717) is 0 Å². The lowest BCUT2D eigenvalue weighted by atomic mass is 10.5. The second kappa shape index (κ2) is 2.85. The Morgan fingerprint density at radius 3 is 2.92 bits per heavy atom. The van der Waals surface area contributed by atoms with Gasteiger partial charge in [-0.2, -0.15) is 0 Å². The Kier molecular flexibility index (Phi) is 1.81. The van der Waals surface area contributed by atoms with Crippen LogP contribution in [0.1, 0.15) is 6.92 Å². The van der Waals surface area contributed by atoms with E-state index in [1.807, 2.05) is 23.7 Å². The van der Waals surface area contributed by atoms with Crippen molar-refractivity contribution >= 4 is 32.4 Å². The van der Waals surface area contributed by atoms with Gasteiger partial charge in [0.15, 0.2) is 0 Å². The van der Waals surface area contributed by atoms with Crippen LogP contribution in [0.2, 0.25) is 0 Å². The minimum atomic E-state index is 0.725. The molecule has 4 nitrogen and oxygen atoms in total. The Bertz CT molecular complexity index is 428. The molecular weight excluding hydrogens is 184 g/mol. The molecule has 2 aromatic heterocycles. The highest BCUT2D eigenvalue weighted by molar-refractivity contribution is 7.22. The van der Waals surface area contributed by atoms with Crippen molar-refractivity contribution in [1.82, 2.24) is 4.68 Å². The van der Waals surface area contributed by atoms with Crippen molar-refractivity contribution in [1.29, 1.82) is 0 Å². The van der Waals surface area contributed by atoms with E-state index in [0.717, 1.165) is 27.6 Å². The highest BCUT2D eigenvalue weighted by Crippen LogP contribution is 2.30. The molecule has 13 heavy (non-hydrogen) atoms. The highest BCUT2D eigenvalue weighted by atomic mass is 32.1. The molecule has 0 bridgehead atoms. The normalized spacial score (nSPS) is 10.8. The Labute approximate surface area is 80.1 Å². The van der Waals surface area contributed by atoms with Crippen LogP contribution >= 0.6 is 11.3 Å². The molecule has 0 aliphatic carbocycles. The van der Waals surface area contributed by atoms with E-state index in [9.17, 15) is 0 Å². The molecule has 2 heterocycles. The predicted molar refractivity (Wildman–Crippen MR) is 58.5 cm³/mol. The van der Waals surface area contributed by atoms with Gasteiger partial charge in [-0.1, -0.05) is 0 Å². The molecule has 5 heteroatoms. The van der Waals surface area contributed by atoms with E-state index in [1.165, 1.54) is 0 Å². The van der Waals surface area contributed by atoms with Crippen LogP contribution in [-0.4, -0.2) is 11.2 Å². The number of anilines is 2. The van der Waals surface area contributed by atoms with Crippen molar-refractivity contribution in [2.24, 2.45) is 0 Å². The first-order valence-corrected chi connectivity index (χ1v) is 4.94. The van der Waals surface area contributed by atoms with Gasteiger partial charge in [-0.15, -0.1) is 11.3 Å². The third-order valence-corrected chi connectivity index (χ3v) is 2.75. The molecule has 0 saturated heterocycles. The van der Waals surface area contributed by atoms with E-state index in [1.54, 1.807) is 11.3 Å². The molecule has 0 saturated carbocycles.